The zero-order valence-corrected chi connectivity index (χ0v) is 8.45. The summed E-state index contributed by atoms with van der Waals surface area (Å²) in [6.07, 6.45) is -5.23. The molecule has 0 aliphatic carbocycles. The van der Waals surface area contributed by atoms with Gasteiger partial charge in [-0.1, -0.05) is 11.6 Å². The van der Waals surface area contributed by atoms with Crippen molar-refractivity contribution in [2.24, 2.45) is 0 Å². The minimum atomic E-state index is -5.23. The van der Waals surface area contributed by atoms with E-state index in [1.807, 2.05) is 0 Å². The Bertz CT molecular complexity index is 131. The van der Waals surface area contributed by atoms with Gasteiger partial charge in [-0.3, -0.25) is 0 Å². The first-order valence-corrected chi connectivity index (χ1v) is 3.98. The third-order valence-corrected chi connectivity index (χ3v) is 3.47. The van der Waals surface area contributed by atoms with Crippen LogP contribution in [0.15, 0.2) is 0 Å². The summed E-state index contributed by atoms with van der Waals surface area (Å²) in [7, 11) is 0. The smallest absolute Gasteiger partial charge is 0.190 e. The van der Waals surface area contributed by atoms with Gasteiger partial charge in [0.25, 0.3) is 3.78 Å². The fourth-order valence-electron chi connectivity index (χ4n) is 0.161. The van der Waals surface area contributed by atoms with Crippen LogP contribution < -0.4 is 0 Å². The van der Waals surface area contributed by atoms with E-state index in [0.29, 0.717) is 0 Å². The number of alkyl halides is 8. The van der Waals surface area contributed by atoms with Crippen molar-refractivity contribution in [3.8, 4) is 0 Å². The topological polar surface area (TPSA) is 0 Å². The van der Waals surface area contributed by atoms with E-state index in [4.69, 9.17) is 0 Å². The lowest BCUT2D eigenvalue weighted by molar-refractivity contribution is -0.168. The predicted molar refractivity (Wildman–Crippen MR) is 37.4 cm³/mol. The lowest BCUT2D eigenvalue weighted by Gasteiger charge is -2.27. The van der Waals surface area contributed by atoms with Gasteiger partial charge in [-0.25, -0.2) is 0 Å². The number of halogens is 8. The Morgan fingerprint density at radius 2 is 1.18 bits per heavy atom. The summed E-state index contributed by atoms with van der Waals surface area (Å²) in [5, 5.41) is 0. The molecule has 0 bridgehead atoms. The van der Waals surface area contributed by atoms with Crippen molar-refractivity contribution in [1.29, 1.82) is 0 Å². The monoisotopic (exact) mass is 324 g/mol. The van der Waals surface area contributed by atoms with Crippen LogP contribution in [-0.2, 0) is 0 Å². The average molecular weight is 326 g/mol. The second-order valence-electron chi connectivity index (χ2n) is 1.57. The minimum Gasteiger partial charge on any atom is -0.190 e. The summed E-state index contributed by atoms with van der Waals surface area (Å²) in [6.45, 7) is 0. The number of hydrogen-bond acceptors (Lipinski definition) is 0. The highest BCUT2D eigenvalue weighted by molar-refractivity contribution is 9.13. The molecule has 0 aromatic carbocycles. The zero-order valence-electron chi connectivity index (χ0n) is 4.52. The maximum Gasteiger partial charge on any atom is 0.424 e. The van der Waals surface area contributed by atoms with E-state index in [0.717, 1.165) is 0 Å². The molecule has 0 amide bonds. The molecule has 0 rings (SSSR count). The van der Waals surface area contributed by atoms with Crippen molar-refractivity contribution in [1.82, 2.24) is 0 Å². The highest BCUT2D eigenvalue weighted by Gasteiger charge is 2.66. The Balaban J connectivity index is 4.75. The highest BCUT2D eigenvalue weighted by Crippen LogP contribution is 2.54. The van der Waals surface area contributed by atoms with E-state index in [1.54, 1.807) is 15.9 Å². The molecule has 0 fully saturated rings. The van der Waals surface area contributed by atoms with Gasteiger partial charge in [-0.15, -0.1) is 0 Å². The zero-order chi connectivity index (χ0) is 9.50. The molecule has 0 saturated heterocycles. The Morgan fingerprint density at radius 3 is 1.18 bits per heavy atom. The first-order valence-electron chi connectivity index (χ1n) is 2.01. The van der Waals surface area contributed by atoms with Crippen LogP contribution >= 0.6 is 43.5 Å². The van der Waals surface area contributed by atoms with E-state index in [-0.39, 0.29) is 0 Å². The summed E-state index contributed by atoms with van der Waals surface area (Å²) >= 11 is 7.65. The molecule has 0 radical (unpaired) electrons. The van der Waals surface area contributed by atoms with Gasteiger partial charge < -0.3 is 0 Å². The molecule has 1 atom stereocenters. The SMILES string of the molecule is FC(F)(F)[C@](Cl)(Br)C(F)(F)Br. The van der Waals surface area contributed by atoms with Crippen molar-refractivity contribution in [3.63, 3.8) is 0 Å². The molecule has 0 nitrogen and oxygen atoms in total. The molecular formula is C3Br2ClF5. The van der Waals surface area contributed by atoms with E-state index < -0.39 is 14.8 Å². The van der Waals surface area contributed by atoms with Crippen LogP contribution in [-0.4, -0.2) is 14.8 Å². The molecule has 0 N–H and O–H groups in total. The van der Waals surface area contributed by atoms with Gasteiger partial charge in [0.15, 0.2) is 0 Å². The summed E-state index contributed by atoms with van der Waals surface area (Å²) in [5.41, 5.74) is 0. The number of hydrogen-bond donors (Lipinski definition) is 0. The van der Waals surface area contributed by atoms with Gasteiger partial charge in [0.2, 0.25) is 0 Å². The Morgan fingerprint density at radius 1 is 0.909 bits per heavy atom. The fraction of sp³-hybridized carbons (Fsp3) is 1.00. The molecule has 0 aliphatic rings. The lowest BCUT2D eigenvalue weighted by atomic mass is 10.4. The van der Waals surface area contributed by atoms with Crippen molar-refractivity contribution in [3.05, 3.63) is 0 Å². The third-order valence-electron chi connectivity index (χ3n) is 0.712. The minimum absolute atomic E-state index is 1.50. The molecule has 8 heteroatoms. The predicted octanol–water partition coefficient (Wildman–Crippen LogP) is 3.87. The van der Waals surface area contributed by atoms with Gasteiger partial charge in [-0.05, 0) is 31.9 Å². The molecule has 68 valence electrons. The second kappa shape index (κ2) is 2.99. The van der Waals surface area contributed by atoms with Crippen LogP contribution in [0.1, 0.15) is 0 Å². The molecule has 0 saturated carbocycles. The third kappa shape index (κ3) is 2.42. The molecule has 0 unspecified atom stereocenters. The van der Waals surface area contributed by atoms with Crippen LogP contribution in [0.2, 0.25) is 0 Å². The van der Waals surface area contributed by atoms with Crippen molar-refractivity contribution in [2.75, 3.05) is 0 Å². The van der Waals surface area contributed by atoms with Gasteiger partial charge in [0.05, 0.1) is 0 Å². The second-order valence-corrected chi connectivity index (χ2v) is 4.78. The number of rotatable bonds is 1. The van der Waals surface area contributed by atoms with Gasteiger partial charge in [-0.2, -0.15) is 22.0 Å². The standard InChI is InChI=1S/C3Br2ClF5/c4-1(6,2(5,7)8)3(9,10)11/t1-/m0/s1. The quantitative estimate of drug-likeness (QED) is 0.507. The summed E-state index contributed by atoms with van der Waals surface area (Å²) in [5.74, 6) is 0. The fourth-order valence-corrected chi connectivity index (χ4v) is 0.386. The average Bonchev–Trinajstić information content (AvgIpc) is 1.58. The Labute approximate surface area is 80.3 Å². The maximum atomic E-state index is 12.0. The van der Waals surface area contributed by atoms with Crippen LogP contribution in [0.5, 0.6) is 0 Å². The highest BCUT2D eigenvalue weighted by atomic mass is 79.9. The van der Waals surface area contributed by atoms with Crippen molar-refractivity contribution >= 4 is 43.5 Å². The van der Waals surface area contributed by atoms with Gasteiger partial charge in [0, 0.05) is 0 Å². The van der Waals surface area contributed by atoms with Gasteiger partial charge >= 0.3 is 11.0 Å². The Kier molecular flexibility index (Phi) is 3.24. The van der Waals surface area contributed by atoms with Crippen LogP contribution in [0, 0.1) is 0 Å². The molecule has 0 spiro atoms. The molecular weight excluding hydrogens is 326 g/mol. The summed E-state index contributed by atoms with van der Waals surface area (Å²) < 4.78 is 55.2. The summed E-state index contributed by atoms with van der Waals surface area (Å²) in [4.78, 5) is -4.25. The van der Waals surface area contributed by atoms with Crippen LogP contribution in [0.4, 0.5) is 22.0 Å². The molecule has 0 aromatic rings. The Hall–Kier alpha value is 0.900. The normalized spacial score (nSPS) is 19.6. The van der Waals surface area contributed by atoms with Crippen molar-refractivity contribution < 1.29 is 22.0 Å². The van der Waals surface area contributed by atoms with E-state index in [2.05, 4.69) is 11.6 Å². The molecule has 0 aliphatic heterocycles. The summed E-state index contributed by atoms with van der Waals surface area (Å²) in [6, 6.07) is 0. The van der Waals surface area contributed by atoms with Gasteiger partial charge in [0.1, 0.15) is 0 Å². The molecule has 0 heterocycles. The van der Waals surface area contributed by atoms with Crippen molar-refractivity contribution in [2.45, 2.75) is 14.8 Å². The first-order chi connectivity index (χ1) is 4.50. The van der Waals surface area contributed by atoms with E-state index in [1.165, 1.54) is 15.9 Å². The molecule has 11 heavy (non-hydrogen) atoms. The first kappa shape index (κ1) is 11.9. The van der Waals surface area contributed by atoms with E-state index in [9.17, 15) is 22.0 Å². The lowest BCUT2D eigenvalue weighted by Crippen LogP contribution is -2.45. The van der Waals surface area contributed by atoms with E-state index >= 15 is 0 Å². The van der Waals surface area contributed by atoms with Crippen LogP contribution in [0.25, 0.3) is 0 Å². The van der Waals surface area contributed by atoms with Crippen LogP contribution in [0.3, 0.4) is 0 Å². The maximum absolute atomic E-state index is 12.0. The largest absolute Gasteiger partial charge is 0.424 e. The molecule has 0 aromatic heterocycles.